The van der Waals surface area contributed by atoms with Gasteiger partial charge in [0.25, 0.3) is 0 Å². The Morgan fingerprint density at radius 3 is 2.67 bits per heavy atom. The summed E-state index contributed by atoms with van der Waals surface area (Å²) in [5.41, 5.74) is 3.54. The van der Waals surface area contributed by atoms with Crippen LogP contribution in [-0.2, 0) is 9.84 Å². The van der Waals surface area contributed by atoms with Crippen LogP contribution in [0.5, 0.6) is 0 Å². The highest BCUT2D eigenvalue weighted by Gasteiger charge is 2.12. The van der Waals surface area contributed by atoms with E-state index in [1.54, 1.807) is 18.3 Å². The van der Waals surface area contributed by atoms with Gasteiger partial charge < -0.3 is 4.98 Å². The first kappa shape index (κ1) is 14.1. The summed E-state index contributed by atoms with van der Waals surface area (Å²) in [5.74, 6) is 0. The van der Waals surface area contributed by atoms with Crippen LogP contribution in [0.1, 0.15) is 5.56 Å². The number of nitrogens with one attached hydrogen (secondary N) is 1. The summed E-state index contributed by atoms with van der Waals surface area (Å²) in [4.78, 5) is 7.66. The molecule has 4 nitrogen and oxygen atoms in total. The topological polar surface area (TPSA) is 62.8 Å². The molecule has 0 aliphatic rings. The summed E-state index contributed by atoms with van der Waals surface area (Å²) < 4.78 is 23.1. The molecule has 0 aliphatic heterocycles. The van der Waals surface area contributed by atoms with Gasteiger partial charge in [-0.3, -0.25) is 0 Å². The van der Waals surface area contributed by atoms with E-state index >= 15 is 0 Å². The maximum absolute atomic E-state index is 11.5. The largest absolute Gasteiger partial charge is 0.346 e. The van der Waals surface area contributed by atoms with E-state index in [-0.39, 0.29) is 4.90 Å². The number of pyridine rings is 1. The van der Waals surface area contributed by atoms with E-state index in [4.69, 9.17) is 11.6 Å². The van der Waals surface area contributed by atoms with Crippen LogP contribution in [0.15, 0.2) is 41.6 Å². The Kier molecular flexibility index (Phi) is 3.26. The van der Waals surface area contributed by atoms with Crippen molar-refractivity contribution in [3.63, 3.8) is 0 Å². The molecule has 0 spiro atoms. The maximum Gasteiger partial charge on any atom is 0.175 e. The fourth-order valence-electron chi connectivity index (χ4n) is 2.24. The van der Waals surface area contributed by atoms with Gasteiger partial charge >= 0.3 is 0 Å². The number of hydrogen-bond donors (Lipinski definition) is 1. The van der Waals surface area contributed by atoms with Gasteiger partial charge in [0.15, 0.2) is 9.84 Å². The van der Waals surface area contributed by atoms with Crippen molar-refractivity contribution in [1.82, 2.24) is 9.97 Å². The lowest BCUT2D eigenvalue weighted by atomic mass is 10.1. The van der Waals surface area contributed by atoms with Crippen LogP contribution >= 0.6 is 11.6 Å². The van der Waals surface area contributed by atoms with Gasteiger partial charge in [-0.2, -0.15) is 0 Å². The fraction of sp³-hybridized carbons (Fsp3) is 0.133. The molecule has 3 rings (SSSR count). The molecule has 1 aromatic carbocycles. The minimum absolute atomic E-state index is 0.211. The molecular weight excluding hydrogens is 308 g/mol. The van der Waals surface area contributed by atoms with Gasteiger partial charge in [-0.05, 0) is 30.7 Å². The lowest BCUT2D eigenvalue weighted by Crippen LogP contribution is -1.97. The molecule has 0 saturated carbocycles. The summed E-state index contributed by atoms with van der Waals surface area (Å²) in [6.45, 7) is 2.00. The minimum Gasteiger partial charge on any atom is -0.346 e. The number of aromatic amines is 1. The molecule has 0 radical (unpaired) electrons. The first-order valence-corrected chi connectivity index (χ1v) is 8.57. The molecule has 6 heteroatoms. The fourth-order valence-corrected chi connectivity index (χ4v) is 3.24. The third-order valence-corrected chi connectivity index (χ3v) is 4.84. The number of hydrogen-bond acceptors (Lipinski definition) is 3. The number of rotatable bonds is 2. The highest BCUT2D eigenvalue weighted by Crippen LogP contribution is 2.31. The van der Waals surface area contributed by atoms with Crippen LogP contribution in [0.3, 0.4) is 0 Å². The molecule has 0 fully saturated rings. The summed E-state index contributed by atoms with van der Waals surface area (Å²) in [6, 6.07) is 6.74. The van der Waals surface area contributed by atoms with Gasteiger partial charge in [-0.1, -0.05) is 17.7 Å². The van der Waals surface area contributed by atoms with Gasteiger partial charge in [-0.25, -0.2) is 13.4 Å². The second kappa shape index (κ2) is 4.86. The predicted molar refractivity (Wildman–Crippen MR) is 84.4 cm³/mol. The van der Waals surface area contributed by atoms with E-state index in [9.17, 15) is 8.42 Å². The van der Waals surface area contributed by atoms with Gasteiger partial charge in [0.2, 0.25) is 0 Å². The Morgan fingerprint density at radius 1 is 1.24 bits per heavy atom. The molecule has 0 aliphatic carbocycles. The third-order valence-electron chi connectivity index (χ3n) is 3.42. The number of sulfone groups is 1. The molecule has 3 aromatic rings. The Balaban J connectivity index is 2.16. The second-order valence-electron chi connectivity index (χ2n) is 5.01. The van der Waals surface area contributed by atoms with E-state index in [0.717, 1.165) is 34.0 Å². The highest BCUT2D eigenvalue weighted by atomic mass is 35.5. The van der Waals surface area contributed by atoms with E-state index in [2.05, 4.69) is 9.97 Å². The Bertz CT molecular complexity index is 945. The van der Waals surface area contributed by atoms with Crippen molar-refractivity contribution in [3.8, 4) is 11.1 Å². The second-order valence-corrected chi connectivity index (χ2v) is 7.43. The lowest BCUT2D eigenvalue weighted by Gasteiger charge is -2.07. The predicted octanol–water partition coefficient (Wildman–Crippen LogP) is 3.60. The van der Waals surface area contributed by atoms with Crippen molar-refractivity contribution >= 4 is 32.5 Å². The first-order valence-electron chi connectivity index (χ1n) is 6.30. The molecule has 0 atom stereocenters. The average Bonchev–Trinajstić information content (AvgIpc) is 2.79. The number of nitrogens with zero attached hydrogens (tertiary/aromatic N) is 1. The smallest absolute Gasteiger partial charge is 0.175 e. The maximum atomic E-state index is 11.5. The van der Waals surface area contributed by atoms with Crippen LogP contribution in [0, 0.1) is 6.92 Å². The number of fused-ring (bicyclic) bond motifs is 1. The summed E-state index contributed by atoms with van der Waals surface area (Å²) >= 11 is 6.23. The lowest BCUT2D eigenvalue weighted by molar-refractivity contribution is 0.602. The zero-order chi connectivity index (χ0) is 15.2. The molecule has 0 saturated heterocycles. The standard InChI is InChI=1S/C15H13ClN2O2S/c1-9-7-17-15-13(9)5-10(8-18-15)12-4-3-11(6-14(12)16)21(2,19)20/h3-8H,1-2H3,(H,17,18). The van der Waals surface area contributed by atoms with E-state index in [0.29, 0.717) is 5.02 Å². The van der Waals surface area contributed by atoms with E-state index < -0.39 is 9.84 Å². The van der Waals surface area contributed by atoms with Crippen LogP contribution in [0.2, 0.25) is 5.02 Å². The Labute approximate surface area is 127 Å². The Morgan fingerprint density at radius 2 is 2.00 bits per heavy atom. The number of aromatic nitrogens is 2. The number of benzene rings is 1. The monoisotopic (exact) mass is 320 g/mol. The average molecular weight is 321 g/mol. The SMILES string of the molecule is Cc1c[nH]c2ncc(-c3ccc(S(C)(=O)=O)cc3Cl)cc12. The van der Waals surface area contributed by atoms with Gasteiger partial charge in [0.05, 0.1) is 4.90 Å². The molecule has 1 N–H and O–H groups in total. The highest BCUT2D eigenvalue weighted by molar-refractivity contribution is 7.90. The quantitative estimate of drug-likeness (QED) is 0.784. The minimum atomic E-state index is -3.26. The van der Waals surface area contributed by atoms with Crippen molar-refractivity contribution in [1.29, 1.82) is 0 Å². The molecule has 2 aromatic heterocycles. The summed E-state index contributed by atoms with van der Waals surface area (Å²) in [6.07, 6.45) is 4.78. The third kappa shape index (κ3) is 2.54. The van der Waals surface area contributed by atoms with Crippen molar-refractivity contribution < 1.29 is 8.42 Å². The van der Waals surface area contributed by atoms with Gasteiger partial charge in [-0.15, -0.1) is 0 Å². The number of aryl methyl sites for hydroxylation is 1. The normalized spacial score (nSPS) is 12.0. The van der Waals surface area contributed by atoms with Crippen molar-refractivity contribution in [3.05, 3.63) is 47.2 Å². The number of halogens is 1. The molecular formula is C15H13ClN2O2S. The molecule has 0 amide bonds. The molecule has 2 heterocycles. The zero-order valence-electron chi connectivity index (χ0n) is 11.5. The summed E-state index contributed by atoms with van der Waals surface area (Å²) in [5, 5.41) is 1.42. The van der Waals surface area contributed by atoms with E-state index in [1.807, 2.05) is 19.2 Å². The molecule has 0 unspecified atom stereocenters. The summed E-state index contributed by atoms with van der Waals surface area (Å²) in [7, 11) is -3.26. The first-order chi connectivity index (χ1) is 9.86. The van der Waals surface area contributed by atoms with Crippen molar-refractivity contribution in [2.45, 2.75) is 11.8 Å². The Hall–Kier alpha value is -1.85. The van der Waals surface area contributed by atoms with Crippen LogP contribution in [0.4, 0.5) is 0 Å². The van der Waals surface area contributed by atoms with Gasteiger partial charge in [0.1, 0.15) is 5.65 Å². The van der Waals surface area contributed by atoms with Crippen LogP contribution < -0.4 is 0 Å². The zero-order valence-corrected chi connectivity index (χ0v) is 13.1. The van der Waals surface area contributed by atoms with Crippen LogP contribution in [0.25, 0.3) is 22.2 Å². The van der Waals surface area contributed by atoms with Crippen molar-refractivity contribution in [2.24, 2.45) is 0 Å². The molecule has 108 valence electrons. The van der Waals surface area contributed by atoms with E-state index in [1.165, 1.54) is 6.07 Å². The van der Waals surface area contributed by atoms with Gasteiger partial charge in [0, 0.05) is 40.2 Å². The van der Waals surface area contributed by atoms with Crippen LogP contribution in [-0.4, -0.2) is 24.6 Å². The number of H-pyrrole nitrogens is 1. The molecule has 0 bridgehead atoms. The molecule has 21 heavy (non-hydrogen) atoms. The van der Waals surface area contributed by atoms with Crippen molar-refractivity contribution in [2.75, 3.05) is 6.26 Å².